The molecule has 1 aliphatic rings. The third-order valence-electron chi connectivity index (χ3n) is 9.34. The zero-order chi connectivity index (χ0) is 33.8. The van der Waals surface area contributed by atoms with Gasteiger partial charge in [-0.15, -0.1) is 0 Å². The van der Waals surface area contributed by atoms with Gasteiger partial charge in [0.25, 0.3) is 5.91 Å². The number of hydrogen-bond donors (Lipinski definition) is 2. The van der Waals surface area contributed by atoms with Gasteiger partial charge in [0.2, 0.25) is 0 Å². The van der Waals surface area contributed by atoms with Gasteiger partial charge in [-0.3, -0.25) is 4.79 Å². The highest BCUT2D eigenvalue weighted by atomic mass is 16.5. The number of benzene rings is 4. The maximum Gasteiger partial charge on any atom is 0.256 e. The Kier molecular flexibility index (Phi) is 9.06. The molecule has 2 heterocycles. The van der Waals surface area contributed by atoms with Crippen LogP contribution in [0, 0.1) is 5.92 Å². The molecule has 10 nitrogen and oxygen atoms in total. The summed E-state index contributed by atoms with van der Waals surface area (Å²) in [5, 5.41) is 14.3. The molecule has 3 unspecified atom stereocenters. The van der Waals surface area contributed by atoms with Crippen molar-refractivity contribution in [2.75, 3.05) is 26.1 Å². The Morgan fingerprint density at radius 2 is 1.39 bits per heavy atom. The highest BCUT2D eigenvalue weighted by Gasteiger charge is 2.41. The molecule has 1 fully saturated rings. The van der Waals surface area contributed by atoms with Crippen LogP contribution >= 0.6 is 0 Å². The van der Waals surface area contributed by atoms with E-state index in [2.05, 4.69) is 32.4 Å². The van der Waals surface area contributed by atoms with E-state index >= 15 is 0 Å². The second-order valence-electron chi connectivity index (χ2n) is 12.1. The van der Waals surface area contributed by atoms with Gasteiger partial charge < -0.3 is 29.2 Å². The van der Waals surface area contributed by atoms with Gasteiger partial charge in [0.05, 0.1) is 33.3 Å². The summed E-state index contributed by atoms with van der Waals surface area (Å²) >= 11 is 0. The number of methoxy groups -OCH3 is 2. The van der Waals surface area contributed by atoms with Crippen molar-refractivity contribution in [3.63, 3.8) is 0 Å². The summed E-state index contributed by atoms with van der Waals surface area (Å²) in [6.45, 7) is 0.282. The summed E-state index contributed by atoms with van der Waals surface area (Å²) in [6, 6.07) is 34.8. The highest BCUT2D eigenvalue weighted by Crippen LogP contribution is 2.44. The third-order valence-corrected chi connectivity index (χ3v) is 9.34. The molecule has 10 heteroatoms. The number of anilines is 1. The number of nitrogens with one attached hydrogen (secondary N) is 1. The lowest BCUT2D eigenvalue weighted by molar-refractivity contribution is -0.0296. The monoisotopic (exact) mass is 655 g/mol. The largest absolute Gasteiger partial charge is 0.497 e. The fraction of sp³-hybridized carbons (Fsp3) is 0.231. The second-order valence-corrected chi connectivity index (χ2v) is 12.1. The number of hydrogen-bond acceptors (Lipinski definition) is 8. The summed E-state index contributed by atoms with van der Waals surface area (Å²) in [7, 11) is 3.29. The highest BCUT2D eigenvalue weighted by molar-refractivity contribution is 6.06. The van der Waals surface area contributed by atoms with Crippen LogP contribution in [-0.4, -0.2) is 57.5 Å². The van der Waals surface area contributed by atoms with Crippen LogP contribution < -0.4 is 14.8 Å². The Labute approximate surface area is 284 Å². The molecule has 0 bridgehead atoms. The molecule has 0 aliphatic heterocycles. The number of fused-ring (bicyclic) bond motifs is 1. The number of aromatic nitrogens is 4. The van der Waals surface area contributed by atoms with Crippen molar-refractivity contribution in [3.05, 3.63) is 144 Å². The van der Waals surface area contributed by atoms with Gasteiger partial charge in [-0.25, -0.2) is 15.0 Å². The molecule has 2 aromatic heterocycles. The fourth-order valence-corrected chi connectivity index (χ4v) is 6.77. The van der Waals surface area contributed by atoms with Crippen LogP contribution in [0.2, 0.25) is 0 Å². The third kappa shape index (κ3) is 6.24. The van der Waals surface area contributed by atoms with Crippen LogP contribution in [0.3, 0.4) is 0 Å². The minimum atomic E-state index is -0.988. The molecule has 0 spiro atoms. The van der Waals surface area contributed by atoms with Gasteiger partial charge in [0, 0.05) is 17.5 Å². The van der Waals surface area contributed by atoms with E-state index < -0.39 is 11.7 Å². The molecule has 6 aromatic rings. The average Bonchev–Trinajstić information content (AvgIpc) is 3.76. The van der Waals surface area contributed by atoms with Crippen molar-refractivity contribution in [1.82, 2.24) is 19.5 Å². The molecule has 0 saturated heterocycles. The van der Waals surface area contributed by atoms with Crippen molar-refractivity contribution in [1.29, 1.82) is 0 Å². The molecule has 1 amide bonds. The first kappa shape index (κ1) is 32.0. The smallest absolute Gasteiger partial charge is 0.256 e. The Balaban J connectivity index is 1.18. The van der Waals surface area contributed by atoms with E-state index in [-0.39, 0.29) is 24.5 Å². The van der Waals surface area contributed by atoms with E-state index in [0.29, 0.717) is 35.4 Å². The Bertz CT molecular complexity index is 1970. The number of ether oxygens (including phenoxy) is 3. The summed E-state index contributed by atoms with van der Waals surface area (Å²) in [6.07, 6.45) is 3.64. The lowest BCUT2D eigenvalue weighted by Crippen LogP contribution is -2.35. The van der Waals surface area contributed by atoms with Crippen molar-refractivity contribution < 1.29 is 24.1 Å². The number of carbonyl (C=O) groups excluding carboxylic acids is 1. The first-order valence-electron chi connectivity index (χ1n) is 16.2. The number of nitrogens with zero attached hydrogens (tertiary/aromatic N) is 4. The summed E-state index contributed by atoms with van der Waals surface area (Å²) in [4.78, 5) is 26.3. The second kappa shape index (κ2) is 13.9. The molecule has 4 aromatic carbocycles. The van der Waals surface area contributed by atoms with Crippen LogP contribution in [0.5, 0.6) is 11.5 Å². The van der Waals surface area contributed by atoms with Gasteiger partial charge in [0.1, 0.15) is 23.4 Å². The summed E-state index contributed by atoms with van der Waals surface area (Å²) < 4.78 is 20.0. The molecular formula is C39H37N5O5. The predicted molar refractivity (Wildman–Crippen MR) is 186 cm³/mol. The van der Waals surface area contributed by atoms with Gasteiger partial charge in [-0.1, -0.05) is 72.8 Å². The van der Waals surface area contributed by atoms with Gasteiger partial charge >= 0.3 is 0 Å². The first-order chi connectivity index (χ1) is 24.0. The van der Waals surface area contributed by atoms with E-state index in [1.807, 2.05) is 89.5 Å². The quantitative estimate of drug-likeness (QED) is 0.154. The standard InChI is InChI=1S/C39H37N5O5/c1-47-32-17-13-29(14-18-32)39(28-11-7-4-8-12-28,30-15-19-33(48-2)20-16-30)49-23-27-21-31(22-34(27)45)44-25-42-35-36(40-24-41-37(35)44)43-38(46)26-9-5-3-6-10-26/h3-20,24-25,27,31,34,45H,21-23H2,1-2H3,(H,40,41,43,46). The number of carbonyl (C=O) groups is 1. The maximum absolute atomic E-state index is 12.9. The van der Waals surface area contributed by atoms with Crippen LogP contribution in [0.1, 0.15) is 45.9 Å². The van der Waals surface area contributed by atoms with E-state index in [1.165, 1.54) is 6.33 Å². The average molecular weight is 656 g/mol. The zero-order valence-electron chi connectivity index (χ0n) is 27.3. The minimum Gasteiger partial charge on any atom is -0.497 e. The molecular weight excluding hydrogens is 618 g/mol. The molecule has 1 aliphatic carbocycles. The zero-order valence-corrected chi connectivity index (χ0v) is 27.3. The van der Waals surface area contributed by atoms with E-state index in [9.17, 15) is 9.90 Å². The van der Waals surface area contributed by atoms with Gasteiger partial charge in [-0.05, 0) is 65.9 Å². The van der Waals surface area contributed by atoms with Gasteiger partial charge in [-0.2, -0.15) is 0 Å². The Hall–Kier alpha value is -5.58. The predicted octanol–water partition coefficient (Wildman–Crippen LogP) is 6.42. The SMILES string of the molecule is COc1ccc(C(OCC2CC(n3cnc4c(NC(=O)c5ccccc5)ncnc43)CC2O)(c2ccccc2)c2ccc(OC)cc2)cc1. The molecule has 1 saturated carbocycles. The number of aliphatic hydroxyl groups excluding tert-OH is 1. The van der Waals surface area contributed by atoms with Crippen LogP contribution in [0.25, 0.3) is 11.2 Å². The van der Waals surface area contributed by atoms with Crippen molar-refractivity contribution in [2.45, 2.75) is 30.6 Å². The van der Waals surface area contributed by atoms with E-state index in [1.54, 1.807) is 32.7 Å². The molecule has 2 N–H and O–H groups in total. The maximum atomic E-state index is 12.9. The topological polar surface area (TPSA) is 121 Å². The fourth-order valence-electron chi connectivity index (χ4n) is 6.77. The van der Waals surface area contributed by atoms with Crippen LogP contribution in [-0.2, 0) is 10.3 Å². The number of imidazole rings is 1. The number of aliphatic hydroxyl groups is 1. The molecule has 248 valence electrons. The van der Waals surface area contributed by atoms with Gasteiger partial charge in [0.15, 0.2) is 17.0 Å². The van der Waals surface area contributed by atoms with Crippen LogP contribution in [0.4, 0.5) is 5.82 Å². The van der Waals surface area contributed by atoms with Crippen LogP contribution in [0.15, 0.2) is 122 Å². The lowest BCUT2D eigenvalue weighted by Gasteiger charge is -2.37. The molecule has 3 atom stereocenters. The normalized spacial score (nSPS) is 17.6. The summed E-state index contributed by atoms with van der Waals surface area (Å²) in [5.74, 6) is 1.37. The number of amides is 1. The molecule has 0 radical (unpaired) electrons. The van der Waals surface area contributed by atoms with Crippen molar-refractivity contribution in [2.24, 2.45) is 5.92 Å². The minimum absolute atomic E-state index is 0.0886. The van der Waals surface area contributed by atoms with E-state index in [4.69, 9.17) is 14.2 Å². The molecule has 49 heavy (non-hydrogen) atoms. The first-order valence-corrected chi connectivity index (χ1v) is 16.2. The Morgan fingerprint density at radius 3 is 2.00 bits per heavy atom. The van der Waals surface area contributed by atoms with Crippen molar-refractivity contribution in [3.8, 4) is 11.5 Å². The van der Waals surface area contributed by atoms with E-state index in [0.717, 1.165) is 28.2 Å². The summed E-state index contributed by atoms with van der Waals surface area (Å²) in [5.41, 5.74) is 3.42. The number of rotatable bonds is 11. The Morgan fingerprint density at radius 1 is 0.796 bits per heavy atom. The lowest BCUT2D eigenvalue weighted by atomic mass is 9.80. The molecule has 7 rings (SSSR count). The van der Waals surface area contributed by atoms with Crippen molar-refractivity contribution >= 4 is 22.9 Å².